The molecule has 1 aromatic heterocycles. The van der Waals surface area contributed by atoms with Gasteiger partial charge in [0, 0.05) is 18.7 Å². The Kier molecular flexibility index (Phi) is 4.60. The maximum Gasteiger partial charge on any atom is 0.306 e. The molecule has 7 heteroatoms. The summed E-state index contributed by atoms with van der Waals surface area (Å²) in [4.78, 5) is 10.4. The van der Waals surface area contributed by atoms with Crippen molar-refractivity contribution in [2.45, 2.75) is 49.9 Å². The highest BCUT2D eigenvalue weighted by Crippen LogP contribution is 2.22. The topological polar surface area (TPSA) is 88.2 Å². The molecule has 1 aromatic rings. The first-order valence-corrected chi connectivity index (χ1v) is 7.10. The van der Waals surface area contributed by atoms with Gasteiger partial charge in [-0.25, -0.2) is 0 Å². The smallest absolute Gasteiger partial charge is 0.306 e. The number of carboxylic acid groups (broad SMARTS) is 1. The summed E-state index contributed by atoms with van der Waals surface area (Å²) in [7, 11) is 0. The molecule has 1 aliphatic rings. The summed E-state index contributed by atoms with van der Waals surface area (Å²) in [5.74, 6) is 0.357. The Morgan fingerprint density at radius 2 is 2.22 bits per heavy atom. The summed E-state index contributed by atoms with van der Waals surface area (Å²) in [6, 6.07) is 0. The number of hydrogen-bond acceptors (Lipinski definition) is 5. The van der Waals surface area contributed by atoms with Crippen LogP contribution in [-0.2, 0) is 17.8 Å². The van der Waals surface area contributed by atoms with Crippen molar-refractivity contribution < 1.29 is 15.0 Å². The number of aromatic nitrogens is 3. The molecule has 0 spiro atoms. The van der Waals surface area contributed by atoms with E-state index in [0.29, 0.717) is 5.75 Å². The van der Waals surface area contributed by atoms with Crippen molar-refractivity contribution in [3.63, 3.8) is 0 Å². The molecule has 2 N–H and O–H groups in total. The van der Waals surface area contributed by atoms with Crippen LogP contribution in [0.1, 0.15) is 31.5 Å². The molecule has 0 saturated carbocycles. The summed E-state index contributed by atoms with van der Waals surface area (Å²) < 4.78 is 2.09. The van der Waals surface area contributed by atoms with E-state index >= 15 is 0 Å². The van der Waals surface area contributed by atoms with E-state index in [9.17, 15) is 9.90 Å². The van der Waals surface area contributed by atoms with Crippen molar-refractivity contribution in [2.75, 3.05) is 5.75 Å². The highest BCUT2D eigenvalue weighted by Gasteiger charge is 2.17. The van der Waals surface area contributed by atoms with E-state index in [2.05, 4.69) is 14.8 Å². The van der Waals surface area contributed by atoms with Gasteiger partial charge in [-0.2, -0.15) is 0 Å². The first kappa shape index (κ1) is 13.4. The zero-order chi connectivity index (χ0) is 13.0. The Morgan fingerprint density at radius 1 is 1.39 bits per heavy atom. The van der Waals surface area contributed by atoms with E-state index in [4.69, 9.17) is 5.11 Å². The highest BCUT2D eigenvalue weighted by atomic mass is 32.2. The van der Waals surface area contributed by atoms with Gasteiger partial charge in [-0.3, -0.25) is 4.79 Å². The van der Waals surface area contributed by atoms with Crippen LogP contribution in [0.5, 0.6) is 0 Å². The summed E-state index contributed by atoms with van der Waals surface area (Å²) in [6.07, 6.45) is 3.35. The third-order valence-electron chi connectivity index (χ3n) is 2.89. The molecular formula is C11H17N3O3S. The zero-order valence-electron chi connectivity index (χ0n) is 10.1. The lowest BCUT2D eigenvalue weighted by Crippen LogP contribution is -2.16. The monoisotopic (exact) mass is 271 g/mol. The van der Waals surface area contributed by atoms with Gasteiger partial charge in [-0.1, -0.05) is 18.2 Å². The maximum atomic E-state index is 10.4. The number of thioether (sulfide) groups is 1. The number of aliphatic hydroxyl groups excluding tert-OH is 1. The van der Waals surface area contributed by atoms with Crippen LogP contribution in [0.4, 0.5) is 0 Å². The molecular weight excluding hydrogens is 254 g/mol. The summed E-state index contributed by atoms with van der Waals surface area (Å²) in [5.41, 5.74) is 0. The standard InChI is InChI=1S/C11H17N3O3S/c15-8(6-10(16)17)7-18-11-13-12-9-4-2-1-3-5-14(9)11/h8,15H,1-7H2,(H,16,17). The molecule has 18 heavy (non-hydrogen) atoms. The minimum Gasteiger partial charge on any atom is -0.481 e. The molecule has 2 rings (SSSR count). The Morgan fingerprint density at radius 3 is 3.00 bits per heavy atom. The van der Waals surface area contributed by atoms with Gasteiger partial charge in [0.2, 0.25) is 0 Å². The first-order valence-electron chi connectivity index (χ1n) is 6.11. The van der Waals surface area contributed by atoms with E-state index in [1.165, 1.54) is 18.2 Å². The summed E-state index contributed by atoms with van der Waals surface area (Å²) in [6.45, 7) is 0.916. The third-order valence-corrected chi connectivity index (χ3v) is 4.00. The van der Waals surface area contributed by atoms with Gasteiger partial charge in [0.1, 0.15) is 5.82 Å². The largest absolute Gasteiger partial charge is 0.481 e. The zero-order valence-corrected chi connectivity index (χ0v) is 10.9. The predicted molar refractivity (Wildman–Crippen MR) is 66.6 cm³/mol. The second-order valence-electron chi connectivity index (χ2n) is 4.42. The van der Waals surface area contributed by atoms with E-state index in [1.807, 2.05) is 0 Å². The number of aliphatic carboxylic acids is 1. The lowest BCUT2D eigenvalue weighted by atomic mass is 10.2. The Hall–Kier alpha value is -1.08. The molecule has 100 valence electrons. The number of carboxylic acids is 1. The van der Waals surface area contributed by atoms with Crippen LogP contribution in [0.3, 0.4) is 0 Å². The molecule has 1 aliphatic heterocycles. The number of carbonyl (C=O) groups is 1. The van der Waals surface area contributed by atoms with Crippen molar-refractivity contribution in [1.29, 1.82) is 0 Å². The van der Waals surface area contributed by atoms with Gasteiger partial charge in [-0.15, -0.1) is 10.2 Å². The molecule has 0 amide bonds. The second-order valence-corrected chi connectivity index (χ2v) is 5.41. The Bertz CT molecular complexity index is 422. The van der Waals surface area contributed by atoms with Crippen LogP contribution >= 0.6 is 11.8 Å². The fourth-order valence-electron chi connectivity index (χ4n) is 2.00. The normalized spacial score (nSPS) is 16.9. The number of fused-ring (bicyclic) bond motifs is 1. The number of aryl methyl sites for hydroxylation is 1. The third kappa shape index (κ3) is 3.46. The van der Waals surface area contributed by atoms with Gasteiger partial charge in [0.25, 0.3) is 0 Å². The number of rotatable bonds is 5. The molecule has 1 atom stereocenters. The first-order chi connectivity index (χ1) is 8.66. The predicted octanol–water partition coefficient (Wildman–Crippen LogP) is 0.932. The number of hydrogen-bond donors (Lipinski definition) is 2. The molecule has 0 radical (unpaired) electrons. The lowest BCUT2D eigenvalue weighted by molar-refractivity contribution is -0.138. The van der Waals surface area contributed by atoms with Crippen molar-refractivity contribution in [3.8, 4) is 0 Å². The van der Waals surface area contributed by atoms with Crippen molar-refractivity contribution >= 4 is 17.7 Å². The molecule has 0 saturated heterocycles. The van der Waals surface area contributed by atoms with Crippen LogP contribution in [0.15, 0.2) is 5.16 Å². The molecule has 0 aliphatic carbocycles. The minimum absolute atomic E-state index is 0.228. The number of nitrogens with zero attached hydrogens (tertiary/aromatic N) is 3. The van der Waals surface area contributed by atoms with Gasteiger partial charge in [0.05, 0.1) is 12.5 Å². The Balaban J connectivity index is 1.93. The minimum atomic E-state index is -0.983. The van der Waals surface area contributed by atoms with Gasteiger partial charge < -0.3 is 14.8 Å². The summed E-state index contributed by atoms with van der Waals surface area (Å²) in [5, 5.41) is 27.1. The van der Waals surface area contributed by atoms with Gasteiger partial charge >= 0.3 is 5.97 Å². The van der Waals surface area contributed by atoms with Crippen molar-refractivity contribution in [3.05, 3.63) is 5.82 Å². The van der Waals surface area contributed by atoms with E-state index in [0.717, 1.165) is 36.8 Å². The fourth-order valence-corrected chi connectivity index (χ4v) is 2.91. The quantitative estimate of drug-likeness (QED) is 0.775. The highest BCUT2D eigenvalue weighted by molar-refractivity contribution is 7.99. The van der Waals surface area contributed by atoms with Crippen LogP contribution < -0.4 is 0 Å². The van der Waals surface area contributed by atoms with Crippen molar-refractivity contribution in [2.24, 2.45) is 0 Å². The molecule has 0 aromatic carbocycles. The average molecular weight is 271 g/mol. The van der Waals surface area contributed by atoms with E-state index in [-0.39, 0.29) is 6.42 Å². The lowest BCUT2D eigenvalue weighted by Gasteiger charge is -2.08. The van der Waals surface area contributed by atoms with E-state index in [1.54, 1.807) is 0 Å². The van der Waals surface area contributed by atoms with E-state index < -0.39 is 12.1 Å². The molecule has 6 nitrogen and oxygen atoms in total. The SMILES string of the molecule is O=C(O)CC(O)CSc1nnc2n1CCCCC2. The Labute approximate surface area is 109 Å². The fraction of sp³-hybridized carbons (Fsp3) is 0.727. The second kappa shape index (κ2) is 6.19. The van der Waals surface area contributed by atoms with Gasteiger partial charge in [0.15, 0.2) is 5.16 Å². The average Bonchev–Trinajstić information content (AvgIpc) is 2.54. The maximum absolute atomic E-state index is 10.4. The number of aliphatic hydroxyl groups is 1. The van der Waals surface area contributed by atoms with Crippen LogP contribution in [0, 0.1) is 0 Å². The summed E-state index contributed by atoms with van der Waals surface area (Å²) >= 11 is 1.38. The van der Waals surface area contributed by atoms with Gasteiger partial charge in [-0.05, 0) is 12.8 Å². The molecule has 1 unspecified atom stereocenters. The van der Waals surface area contributed by atoms with Crippen LogP contribution in [0.2, 0.25) is 0 Å². The molecule has 2 heterocycles. The molecule has 0 fully saturated rings. The van der Waals surface area contributed by atoms with Crippen LogP contribution in [0.25, 0.3) is 0 Å². The molecule has 0 bridgehead atoms. The van der Waals surface area contributed by atoms with Crippen LogP contribution in [-0.4, -0.2) is 42.8 Å². The van der Waals surface area contributed by atoms with Crippen molar-refractivity contribution in [1.82, 2.24) is 14.8 Å².